The summed E-state index contributed by atoms with van der Waals surface area (Å²) in [6.45, 7) is 0. The van der Waals surface area contributed by atoms with Gasteiger partial charge in [0.15, 0.2) is 22.1 Å². The zero-order valence-electron chi connectivity index (χ0n) is 15.1. The van der Waals surface area contributed by atoms with Crippen LogP contribution in [0.4, 0.5) is 10.7 Å². The molecule has 3 aromatic rings. The van der Waals surface area contributed by atoms with Crippen LogP contribution in [0.25, 0.3) is 0 Å². The number of aromatic nitrogens is 1. The average Bonchev–Trinajstić information content (AvgIpc) is 3.34. The van der Waals surface area contributed by atoms with E-state index in [1.165, 1.54) is 22.7 Å². The molecule has 4 heterocycles. The number of ketones is 1. The van der Waals surface area contributed by atoms with Gasteiger partial charge in [-0.2, -0.15) is 0 Å². The zero-order chi connectivity index (χ0) is 21.0. The van der Waals surface area contributed by atoms with E-state index in [2.05, 4.69) is 14.7 Å². The second kappa shape index (κ2) is 7.31. The number of carbonyl (C=O) groups is 1. The van der Waals surface area contributed by atoms with Crippen LogP contribution in [0.2, 0.25) is 4.47 Å². The van der Waals surface area contributed by atoms with Gasteiger partial charge < -0.3 is 5.32 Å². The number of carbonyl (C=O) groups excluding carboxylic acids is 1. The molecule has 1 aromatic carbocycles. The van der Waals surface area contributed by atoms with Crippen LogP contribution in [0.15, 0.2) is 51.2 Å². The Bertz CT molecular complexity index is 1180. The lowest BCUT2D eigenvalue weighted by atomic mass is 9.85. The second-order valence-corrected chi connectivity index (χ2v) is 11.0. The summed E-state index contributed by atoms with van der Waals surface area (Å²) in [5.41, 5.74) is 1.14. The third-order valence-electron chi connectivity index (χ3n) is 4.98. The van der Waals surface area contributed by atoms with Crippen LogP contribution in [0.3, 0.4) is 0 Å². The predicted octanol–water partition coefficient (Wildman–Crippen LogP) is 4.88. The maximum Gasteiger partial charge on any atom is 0.183 e. The molecule has 0 radical (unpaired) electrons. The van der Waals surface area contributed by atoms with Gasteiger partial charge in [0.25, 0.3) is 0 Å². The van der Waals surface area contributed by atoms with E-state index in [-0.39, 0.29) is 16.5 Å². The summed E-state index contributed by atoms with van der Waals surface area (Å²) in [5, 5.41) is 17.0. The molecule has 0 aliphatic carbocycles. The van der Waals surface area contributed by atoms with Crippen molar-refractivity contribution in [3.63, 3.8) is 0 Å². The van der Waals surface area contributed by atoms with Gasteiger partial charge in [0.05, 0.1) is 11.6 Å². The van der Waals surface area contributed by atoms with Crippen molar-refractivity contribution in [3.8, 4) is 0 Å². The Morgan fingerprint density at radius 2 is 2.07 bits per heavy atom. The lowest BCUT2D eigenvalue weighted by Crippen LogP contribution is -2.53. The van der Waals surface area contributed by atoms with E-state index >= 15 is 0 Å². The van der Waals surface area contributed by atoms with E-state index in [1.807, 2.05) is 6.07 Å². The van der Waals surface area contributed by atoms with Crippen molar-refractivity contribution in [2.24, 2.45) is 4.40 Å². The number of hydrogen-bond acceptors (Lipinski definition) is 10. The molecule has 30 heavy (non-hydrogen) atoms. The molecule has 12 heteroatoms. The van der Waals surface area contributed by atoms with Gasteiger partial charge in [-0.25, -0.2) is 10.0 Å². The van der Waals surface area contributed by atoms with Crippen molar-refractivity contribution in [2.45, 2.75) is 23.3 Å². The molecule has 4 N–H and O–H groups in total. The van der Waals surface area contributed by atoms with Crippen LogP contribution in [0.5, 0.6) is 0 Å². The summed E-state index contributed by atoms with van der Waals surface area (Å²) in [6, 6.07) is 7.24. The molecule has 5 rings (SSSR count). The number of thiophene rings is 1. The maximum absolute atomic E-state index is 13.5. The molecular formula is C18H15ClN4O4S3. The molecule has 2 aromatic heterocycles. The molecule has 8 nitrogen and oxygen atoms in total. The van der Waals surface area contributed by atoms with Crippen molar-refractivity contribution >= 4 is 67.4 Å². The van der Waals surface area contributed by atoms with Crippen molar-refractivity contribution in [1.82, 2.24) is 4.98 Å². The van der Waals surface area contributed by atoms with Gasteiger partial charge in [-0.3, -0.25) is 19.1 Å². The van der Waals surface area contributed by atoms with Crippen LogP contribution in [-0.2, 0) is 11.2 Å². The minimum absolute atomic E-state index is 0.00686. The molecule has 0 fully saturated rings. The minimum Gasteiger partial charge on any atom is -0.339 e. The number of thiazole rings is 1. The zero-order valence-corrected chi connectivity index (χ0v) is 18.3. The molecule has 0 saturated heterocycles. The second-order valence-electron chi connectivity index (χ2n) is 6.78. The van der Waals surface area contributed by atoms with Crippen molar-refractivity contribution in [3.05, 3.63) is 56.8 Å². The van der Waals surface area contributed by atoms with E-state index < -0.39 is 22.7 Å². The fourth-order valence-corrected chi connectivity index (χ4v) is 6.78. The Balaban J connectivity index is 1.56. The van der Waals surface area contributed by atoms with Crippen LogP contribution < -0.4 is 10.4 Å². The van der Waals surface area contributed by atoms with Gasteiger partial charge in [-0.15, -0.1) is 27.1 Å². The third kappa shape index (κ3) is 3.23. The number of halogens is 1. The van der Waals surface area contributed by atoms with Crippen LogP contribution >= 0.6 is 45.1 Å². The fourth-order valence-electron chi connectivity index (χ4n) is 3.66. The average molecular weight is 483 g/mol. The monoisotopic (exact) mass is 482 g/mol. The largest absolute Gasteiger partial charge is 0.339 e. The lowest BCUT2D eigenvalue weighted by Gasteiger charge is -2.40. The van der Waals surface area contributed by atoms with E-state index in [1.54, 1.807) is 35.8 Å². The Kier molecular flexibility index (Phi) is 4.86. The number of benzene rings is 1. The van der Waals surface area contributed by atoms with Crippen LogP contribution in [0, 0.1) is 0 Å². The van der Waals surface area contributed by atoms with Gasteiger partial charge in [0, 0.05) is 11.1 Å². The van der Waals surface area contributed by atoms with Crippen molar-refractivity contribution in [1.29, 1.82) is 0 Å². The number of fused-ring (bicyclic) bond motifs is 2. The minimum atomic E-state index is -3.51. The fraction of sp³-hybridized carbons (Fsp3) is 0.167. The first-order valence-corrected chi connectivity index (χ1v) is 12.4. The lowest BCUT2D eigenvalue weighted by molar-refractivity contribution is -0.122. The summed E-state index contributed by atoms with van der Waals surface area (Å²) < 4.78 is 25.5. The van der Waals surface area contributed by atoms with Crippen molar-refractivity contribution < 1.29 is 19.1 Å². The summed E-state index contributed by atoms with van der Waals surface area (Å²) in [7, 11) is -3.51. The van der Waals surface area contributed by atoms with Gasteiger partial charge >= 0.3 is 0 Å². The maximum atomic E-state index is 13.5. The van der Waals surface area contributed by atoms with Gasteiger partial charge in [0.1, 0.15) is 9.90 Å². The summed E-state index contributed by atoms with van der Waals surface area (Å²) in [4.78, 5) is 18.6. The highest BCUT2D eigenvalue weighted by Crippen LogP contribution is 2.55. The first-order chi connectivity index (χ1) is 14.3. The highest BCUT2D eigenvalue weighted by molar-refractivity contribution is 8.23. The Labute approximate surface area is 185 Å². The van der Waals surface area contributed by atoms with E-state index in [4.69, 9.17) is 11.6 Å². The molecule has 2 unspecified atom stereocenters. The number of anilines is 2. The number of para-hydroxylation sites is 1. The summed E-state index contributed by atoms with van der Waals surface area (Å²) in [6.07, 6.45) is 2.01. The van der Waals surface area contributed by atoms with Gasteiger partial charge in [-0.1, -0.05) is 34.5 Å². The smallest absolute Gasteiger partial charge is 0.183 e. The van der Waals surface area contributed by atoms with Crippen LogP contribution in [-0.4, -0.2) is 37.0 Å². The SMILES string of the molecule is O=C1C(Cc2cnc(Cl)s2)c2ccsc2N(O)C1C1=NS(O)(O)c2ccccc2N1. The quantitative estimate of drug-likeness (QED) is 0.420. The van der Waals surface area contributed by atoms with Crippen molar-refractivity contribution in [2.75, 3.05) is 10.4 Å². The highest BCUT2D eigenvalue weighted by atomic mass is 35.5. The Hall–Kier alpha value is -1.99. The Morgan fingerprint density at radius 1 is 1.27 bits per heavy atom. The predicted molar refractivity (Wildman–Crippen MR) is 120 cm³/mol. The van der Waals surface area contributed by atoms with Crippen LogP contribution in [0.1, 0.15) is 16.4 Å². The molecule has 0 saturated carbocycles. The molecule has 0 bridgehead atoms. The third-order valence-corrected chi connectivity index (χ3v) is 8.43. The highest BCUT2D eigenvalue weighted by Gasteiger charge is 2.45. The number of hydrogen-bond donors (Lipinski definition) is 4. The molecular weight excluding hydrogens is 468 g/mol. The normalized spacial score (nSPS) is 23.3. The molecule has 0 spiro atoms. The number of hydroxylamine groups is 1. The molecule has 2 atom stereocenters. The van der Waals surface area contributed by atoms with E-state index in [9.17, 15) is 19.1 Å². The Morgan fingerprint density at radius 3 is 2.83 bits per heavy atom. The number of amidine groups is 1. The molecule has 156 valence electrons. The number of nitrogens with one attached hydrogen (secondary N) is 1. The van der Waals surface area contributed by atoms with Gasteiger partial charge in [-0.05, 0) is 35.6 Å². The van der Waals surface area contributed by atoms with E-state index in [0.29, 0.717) is 27.1 Å². The standard InChI is InChI=1S/C18H15ClN4O4S3/c19-18-20-8-9(29-18)7-11-10-5-6-28-17(10)23(25)14(15(11)24)16-21-12-3-1-2-4-13(12)30(26,27)22-16/h1-6,8,11,14,25-27H,7H2,(H,21,22). The number of rotatable bonds is 3. The van der Waals surface area contributed by atoms with Gasteiger partial charge in [0.2, 0.25) is 0 Å². The first-order valence-electron chi connectivity index (χ1n) is 8.78. The summed E-state index contributed by atoms with van der Waals surface area (Å²) in [5.74, 6) is -0.874. The molecule has 0 amide bonds. The number of nitrogens with zero attached hydrogens (tertiary/aromatic N) is 3. The summed E-state index contributed by atoms with van der Waals surface area (Å²) >= 11 is 8.53. The molecule has 2 aliphatic rings. The topological polar surface area (TPSA) is 118 Å². The number of Topliss-reactive ketones (excluding diaryl/α,β-unsaturated/α-hetero) is 1. The molecule has 2 aliphatic heterocycles. The van der Waals surface area contributed by atoms with E-state index in [0.717, 1.165) is 9.94 Å². The first kappa shape index (κ1) is 19.9.